The summed E-state index contributed by atoms with van der Waals surface area (Å²) < 4.78 is 31.0. The molecule has 0 bridgehead atoms. The van der Waals surface area contributed by atoms with Gasteiger partial charge in [0.25, 0.3) is 5.91 Å². The van der Waals surface area contributed by atoms with Crippen LogP contribution in [-0.4, -0.2) is 55.5 Å². The number of carbonyl (C=O) groups excluding carboxylic acids is 4. The molecule has 0 aliphatic heterocycles. The first-order chi connectivity index (χ1) is 18.2. The molecule has 0 fully saturated rings. The van der Waals surface area contributed by atoms with E-state index in [9.17, 15) is 27.6 Å². The van der Waals surface area contributed by atoms with Crippen molar-refractivity contribution in [2.24, 2.45) is 5.73 Å². The predicted molar refractivity (Wildman–Crippen MR) is 146 cm³/mol. The van der Waals surface area contributed by atoms with E-state index in [1.807, 2.05) is 0 Å². The van der Waals surface area contributed by atoms with E-state index in [1.54, 1.807) is 88.4 Å². The molecule has 3 amide bonds. The summed E-state index contributed by atoms with van der Waals surface area (Å²) in [6.07, 6.45) is -1.95. The van der Waals surface area contributed by atoms with E-state index in [4.69, 9.17) is 10.5 Å². The van der Waals surface area contributed by atoms with Gasteiger partial charge in [0.05, 0.1) is 17.5 Å². The maximum atomic E-state index is 13.2. The van der Waals surface area contributed by atoms with Crippen molar-refractivity contribution < 1.29 is 32.3 Å². The lowest BCUT2D eigenvalue weighted by molar-refractivity contribution is -0.140. The topological polar surface area (TPSA) is 174 Å². The zero-order valence-electron chi connectivity index (χ0n) is 22.5. The normalized spacial score (nSPS) is 13.9. The van der Waals surface area contributed by atoms with Crippen LogP contribution in [0.3, 0.4) is 0 Å². The largest absolute Gasteiger partial charge is 0.444 e. The van der Waals surface area contributed by atoms with Gasteiger partial charge in [0.1, 0.15) is 17.8 Å². The number of rotatable bonds is 12. The van der Waals surface area contributed by atoms with Crippen molar-refractivity contribution in [2.75, 3.05) is 5.75 Å². The SMILES string of the molecule is CCC(NC(=O)[C@H](CS(=O)(=O)Cc1ccccc1)NC(=O)OC(C)(C)C)C(=O)C(=O)NC(N)c1ccccc1. The molecule has 0 aliphatic carbocycles. The number of alkyl carbamates (subject to hydrolysis) is 1. The molecule has 0 spiro atoms. The molecule has 0 saturated heterocycles. The Hall–Kier alpha value is -3.77. The molecule has 0 saturated carbocycles. The number of sulfone groups is 1. The number of nitrogens with one attached hydrogen (secondary N) is 3. The lowest BCUT2D eigenvalue weighted by atomic mass is 10.1. The maximum absolute atomic E-state index is 13.2. The van der Waals surface area contributed by atoms with Gasteiger partial charge in [0.2, 0.25) is 11.7 Å². The highest BCUT2D eigenvalue weighted by Gasteiger charge is 2.33. The Bertz CT molecular complexity index is 1250. The van der Waals surface area contributed by atoms with E-state index in [2.05, 4.69) is 16.0 Å². The number of benzene rings is 2. The summed E-state index contributed by atoms with van der Waals surface area (Å²) in [7, 11) is -3.91. The van der Waals surface area contributed by atoms with E-state index in [0.717, 1.165) is 0 Å². The molecule has 3 atom stereocenters. The second-order valence-corrected chi connectivity index (χ2v) is 12.0. The Kier molecular flexibility index (Phi) is 11.2. The molecule has 0 aliphatic rings. The number of hydrogen-bond donors (Lipinski definition) is 4. The van der Waals surface area contributed by atoms with Crippen LogP contribution in [-0.2, 0) is 34.7 Å². The first-order valence-corrected chi connectivity index (χ1v) is 14.2. The summed E-state index contributed by atoms with van der Waals surface area (Å²) in [5, 5.41) is 7.06. The molecule has 0 aromatic heterocycles. The highest BCUT2D eigenvalue weighted by Crippen LogP contribution is 2.11. The first-order valence-electron chi connectivity index (χ1n) is 12.4. The molecule has 39 heavy (non-hydrogen) atoms. The summed E-state index contributed by atoms with van der Waals surface area (Å²) >= 11 is 0. The summed E-state index contributed by atoms with van der Waals surface area (Å²) in [5.41, 5.74) is 6.12. The van der Waals surface area contributed by atoms with Crippen LogP contribution in [0.5, 0.6) is 0 Å². The Morgan fingerprint density at radius 2 is 1.44 bits per heavy atom. The molecule has 12 heteroatoms. The van der Waals surface area contributed by atoms with Crippen molar-refractivity contribution in [3.63, 3.8) is 0 Å². The average Bonchev–Trinajstić information content (AvgIpc) is 2.85. The smallest absolute Gasteiger partial charge is 0.408 e. The van der Waals surface area contributed by atoms with Crippen LogP contribution in [0.2, 0.25) is 0 Å². The Morgan fingerprint density at radius 3 is 1.97 bits per heavy atom. The number of ether oxygens (including phenoxy) is 1. The van der Waals surface area contributed by atoms with E-state index in [0.29, 0.717) is 11.1 Å². The van der Waals surface area contributed by atoms with Gasteiger partial charge in [-0.25, -0.2) is 13.2 Å². The van der Waals surface area contributed by atoms with Gasteiger partial charge in [0.15, 0.2) is 9.84 Å². The van der Waals surface area contributed by atoms with Crippen molar-refractivity contribution in [1.29, 1.82) is 0 Å². The molecule has 2 rings (SSSR count). The van der Waals surface area contributed by atoms with Gasteiger partial charge in [0, 0.05) is 0 Å². The van der Waals surface area contributed by atoms with Gasteiger partial charge in [-0.05, 0) is 38.3 Å². The van der Waals surface area contributed by atoms with Crippen LogP contribution in [0.1, 0.15) is 51.4 Å². The lowest BCUT2D eigenvalue weighted by Gasteiger charge is -2.25. The van der Waals surface area contributed by atoms with Gasteiger partial charge in [-0.1, -0.05) is 67.6 Å². The molecular weight excluding hydrogens is 524 g/mol. The Morgan fingerprint density at radius 1 is 0.872 bits per heavy atom. The maximum Gasteiger partial charge on any atom is 0.408 e. The van der Waals surface area contributed by atoms with Gasteiger partial charge in [-0.2, -0.15) is 0 Å². The van der Waals surface area contributed by atoms with Gasteiger partial charge >= 0.3 is 6.09 Å². The van der Waals surface area contributed by atoms with Crippen molar-refractivity contribution in [2.45, 2.75) is 63.7 Å². The molecule has 0 heterocycles. The summed E-state index contributed by atoms with van der Waals surface area (Å²) in [4.78, 5) is 51.0. The number of ketones is 1. The highest BCUT2D eigenvalue weighted by atomic mass is 32.2. The van der Waals surface area contributed by atoms with Crippen LogP contribution >= 0.6 is 0 Å². The minimum atomic E-state index is -3.91. The fourth-order valence-corrected chi connectivity index (χ4v) is 5.07. The zero-order chi connectivity index (χ0) is 29.2. The Labute approximate surface area is 228 Å². The third kappa shape index (κ3) is 10.9. The van der Waals surface area contributed by atoms with Crippen molar-refractivity contribution in [3.8, 4) is 0 Å². The van der Waals surface area contributed by atoms with Crippen LogP contribution in [0.15, 0.2) is 60.7 Å². The molecule has 0 radical (unpaired) electrons. The van der Waals surface area contributed by atoms with Crippen LogP contribution in [0.4, 0.5) is 4.79 Å². The van der Waals surface area contributed by atoms with Crippen molar-refractivity contribution >= 4 is 33.5 Å². The number of amides is 3. The molecule has 2 aromatic rings. The van der Waals surface area contributed by atoms with E-state index < -0.39 is 63.1 Å². The van der Waals surface area contributed by atoms with Gasteiger partial charge < -0.3 is 26.4 Å². The first kappa shape index (κ1) is 31.4. The fourth-order valence-electron chi connectivity index (χ4n) is 3.51. The van der Waals surface area contributed by atoms with E-state index >= 15 is 0 Å². The number of nitrogens with two attached hydrogens (primary N) is 1. The molecule has 2 unspecified atom stereocenters. The number of Topliss-reactive ketones (excluding diaryl/α,β-unsaturated/α-hetero) is 1. The predicted octanol–water partition coefficient (Wildman–Crippen LogP) is 1.73. The zero-order valence-corrected chi connectivity index (χ0v) is 23.3. The van der Waals surface area contributed by atoms with E-state index in [1.165, 1.54) is 0 Å². The van der Waals surface area contributed by atoms with Crippen molar-refractivity contribution in [1.82, 2.24) is 16.0 Å². The summed E-state index contributed by atoms with van der Waals surface area (Å²) in [6.45, 7) is 6.39. The fraction of sp³-hybridized carbons (Fsp3) is 0.407. The minimum Gasteiger partial charge on any atom is -0.444 e. The average molecular weight is 561 g/mol. The monoisotopic (exact) mass is 560 g/mol. The highest BCUT2D eigenvalue weighted by molar-refractivity contribution is 7.90. The molecule has 2 aromatic carbocycles. The van der Waals surface area contributed by atoms with Crippen LogP contribution in [0.25, 0.3) is 0 Å². The van der Waals surface area contributed by atoms with E-state index in [-0.39, 0.29) is 12.2 Å². The molecule has 5 N–H and O–H groups in total. The third-order valence-electron chi connectivity index (χ3n) is 5.37. The lowest BCUT2D eigenvalue weighted by Crippen LogP contribution is -2.56. The quantitative estimate of drug-likeness (QED) is 0.224. The molecule has 11 nitrogen and oxygen atoms in total. The summed E-state index contributed by atoms with van der Waals surface area (Å²) in [5.74, 6) is -4.09. The number of carbonyl (C=O) groups is 4. The Balaban J connectivity index is 2.17. The van der Waals surface area contributed by atoms with Gasteiger partial charge in [-0.15, -0.1) is 0 Å². The third-order valence-corrected chi connectivity index (χ3v) is 6.98. The second kappa shape index (κ2) is 13.9. The van der Waals surface area contributed by atoms with Crippen molar-refractivity contribution in [3.05, 3.63) is 71.8 Å². The standard InChI is InChI=1S/C27H36N4O7S/c1-5-20(22(32)25(34)31-23(28)19-14-10-7-11-15-19)29-24(33)21(30-26(35)38-27(2,3)4)17-39(36,37)16-18-12-8-6-9-13-18/h6-15,20-21,23H,5,16-17,28H2,1-4H3,(H,29,33)(H,30,35)(H,31,34)/t20?,21-,23?/m0/s1. The summed E-state index contributed by atoms with van der Waals surface area (Å²) in [6, 6.07) is 14.0. The number of hydrogen-bond acceptors (Lipinski definition) is 8. The second-order valence-electron chi connectivity index (χ2n) is 9.93. The minimum absolute atomic E-state index is 0.0223. The van der Waals surface area contributed by atoms with Crippen LogP contribution < -0.4 is 21.7 Å². The van der Waals surface area contributed by atoms with Gasteiger partial charge in [-0.3, -0.25) is 14.4 Å². The molecule has 212 valence electrons. The molecular formula is C27H36N4O7S. The van der Waals surface area contributed by atoms with Crippen LogP contribution in [0, 0.1) is 0 Å².